The molecule has 3 nitrogen and oxygen atoms in total. The number of hydrogen-bond donors (Lipinski definition) is 1. The van der Waals surface area contributed by atoms with Crippen LogP contribution in [0.4, 0.5) is 13.2 Å². The molecule has 1 N–H and O–H groups in total. The van der Waals surface area contributed by atoms with Crippen LogP contribution in [0.5, 0.6) is 0 Å². The van der Waals surface area contributed by atoms with Crippen LogP contribution in [0.1, 0.15) is 16.7 Å². The van der Waals surface area contributed by atoms with Crippen LogP contribution < -0.4 is 5.56 Å². The van der Waals surface area contributed by atoms with Gasteiger partial charge in [-0.3, -0.25) is 4.79 Å². The van der Waals surface area contributed by atoms with E-state index in [0.29, 0.717) is 27.4 Å². The Kier molecular flexibility index (Phi) is 3.93. The first-order valence-electron chi connectivity index (χ1n) is 8.03. The minimum absolute atomic E-state index is 0.108. The second kappa shape index (κ2) is 6.29. The summed E-state index contributed by atoms with van der Waals surface area (Å²) >= 11 is 0. The van der Waals surface area contributed by atoms with Gasteiger partial charge in [0.2, 0.25) is 0 Å². The molecule has 4 aromatic rings. The van der Waals surface area contributed by atoms with Gasteiger partial charge in [-0.15, -0.1) is 0 Å². The van der Waals surface area contributed by atoms with Crippen molar-refractivity contribution in [2.45, 2.75) is 6.18 Å². The van der Waals surface area contributed by atoms with Crippen molar-refractivity contribution in [1.82, 2.24) is 9.97 Å². The van der Waals surface area contributed by atoms with Gasteiger partial charge in [0.15, 0.2) is 0 Å². The molecule has 0 unspecified atom stereocenters. The number of alkyl halides is 3. The number of fused-ring (bicyclic) bond motifs is 3. The SMILES string of the molecule is O=c1[nH]c2nccc(C#Cc3ccccc3C(F)(F)F)c2c2ccccc12. The predicted octanol–water partition coefficient (Wildman–Crippen LogP) is 4.49. The molecule has 6 heteroatoms. The molecule has 2 aromatic carbocycles. The molecule has 0 spiro atoms. The number of hydrogen-bond acceptors (Lipinski definition) is 2. The zero-order chi connectivity index (χ0) is 19.0. The van der Waals surface area contributed by atoms with Crippen molar-refractivity contribution in [3.05, 3.63) is 87.8 Å². The molecule has 0 saturated carbocycles. The van der Waals surface area contributed by atoms with Crippen LogP contribution in [0.15, 0.2) is 65.6 Å². The summed E-state index contributed by atoms with van der Waals surface area (Å²) in [5, 5.41) is 1.72. The molecular formula is C21H11F3N2O. The molecule has 0 aliphatic rings. The molecule has 0 fully saturated rings. The molecule has 0 radical (unpaired) electrons. The van der Waals surface area contributed by atoms with Gasteiger partial charge in [-0.05, 0) is 29.7 Å². The van der Waals surface area contributed by atoms with Crippen molar-refractivity contribution in [2.75, 3.05) is 0 Å². The van der Waals surface area contributed by atoms with Crippen molar-refractivity contribution in [3.63, 3.8) is 0 Å². The first kappa shape index (κ1) is 16.9. The largest absolute Gasteiger partial charge is 0.417 e. The van der Waals surface area contributed by atoms with E-state index in [9.17, 15) is 18.0 Å². The second-order valence-electron chi connectivity index (χ2n) is 5.88. The van der Waals surface area contributed by atoms with E-state index in [1.807, 2.05) is 0 Å². The van der Waals surface area contributed by atoms with E-state index in [2.05, 4.69) is 21.8 Å². The summed E-state index contributed by atoms with van der Waals surface area (Å²) in [5.74, 6) is 5.43. The highest BCUT2D eigenvalue weighted by atomic mass is 19.4. The Morgan fingerprint density at radius 3 is 2.30 bits per heavy atom. The molecule has 0 atom stereocenters. The normalized spacial score (nSPS) is 11.4. The first-order valence-corrected chi connectivity index (χ1v) is 8.03. The van der Waals surface area contributed by atoms with Gasteiger partial charge in [-0.1, -0.05) is 42.2 Å². The lowest BCUT2D eigenvalue weighted by Gasteiger charge is -2.08. The van der Waals surface area contributed by atoms with Gasteiger partial charge in [0, 0.05) is 28.1 Å². The molecule has 4 rings (SSSR count). The van der Waals surface area contributed by atoms with Crippen molar-refractivity contribution in [3.8, 4) is 11.8 Å². The molecule has 27 heavy (non-hydrogen) atoms. The summed E-state index contributed by atoms with van der Waals surface area (Å²) < 4.78 is 39.5. The van der Waals surface area contributed by atoms with Crippen LogP contribution >= 0.6 is 0 Å². The first-order chi connectivity index (χ1) is 12.9. The van der Waals surface area contributed by atoms with Crippen molar-refractivity contribution >= 4 is 21.8 Å². The fourth-order valence-electron chi connectivity index (χ4n) is 2.98. The standard InChI is InChI=1S/C21H11F3N2O/c22-21(23,24)17-8-4-1-5-13(17)9-10-14-11-12-25-19-18(14)15-6-2-3-7-16(15)20(27)26-19/h1-8,11-12H,(H,25,26,27). The van der Waals surface area contributed by atoms with E-state index >= 15 is 0 Å². The zero-order valence-corrected chi connectivity index (χ0v) is 13.8. The third-order valence-corrected chi connectivity index (χ3v) is 4.19. The Labute approximate surface area is 151 Å². The van der Waals surface area contributed by atoms with E-state index < -0.39 is 11.7 Å². The average Bonchev–Trinajstić information content (AvgIpc) is 2.66. The van der Waals surface area contributed by atoms with E-state index in [1.54, 1.807) is 30.3 Å². The molecular weight excluding hydrogens is 353 g/mol. The summed E-state index contributed by atoms with van der Waals surface area (Å²) in [6, 6.07) is 13.8. The van der Waals surface area contributed by atoms with Gasteiger partial charge in [0.1, 0.15) is 5.65 Å². The van der Waals surface area contributed by atoms with Crippen LogP contribution in [0.25, 0.3) is 21.8 Å². The predicted molar refractivity (Wildman–Crippen MR) is 97.3 cm³/mol. The highest BCUT2D eigenvalue weighted by Gasteiger charge is 2.32. The maximum Gasteiger partial charge on any atom is 0.417 e. The lowest BCUT2D eigenvalue weighted by atomic mass is 10.0. The van der Waals surface area contributed by atoms with Gasteiger partial charge in [0.25, 0.3) is 5.56 Å². The topological polar surface area (TPSA) is 45.8 Å². The van der Waals surface area contributed by atoms with Gasteiger partial charge in [0.05, 0.1) is 5.56 Å². The van der Waals surface area contributed by atoms with Gasteiger partial charge in [-0.2, -0.15) is 13.2 Å². The number of nitrogens with zero attached hydrogens (tertiary/aromatic N) is 1. The molecule has 2 heterocycles. The number of H-pyrrole nitrogens is 1. The van der Waals surface area contributed by atoms with E-state index in [4.69, 9.17) is 0 Å². The Morgan fingerprint density at radius 2 is 1.52 bits per heavy atom. The number of aromatic amines is 1. The molecule has 0 aliphatic carbocycles. The fraction of sp³-hybridized carbons (Fsp3) is 0.0476. The number of pyridine rings is 2. The van der Waals surface area contributed by atoms with Crippen LogP contribution in [-0.4, -0.2) is 9.97 Å². The quantitative estimate of drug-likeness (QED) is 0.369. The molecule has 132 valence electrons. The molecule has 0 amide bonds. The van der Waals surface area contributed by atoms with Crippen LogP contribution in [0, 0.1) is 11.8 Å². The maximum absolute atomic E-state index is 13.2. The Hall–Kier alpha value is -3.59. The smallest absolute Gasteiger partial charge is 0.306 e. The summed E-state index contributed by atoms with van der Waals surface area (Å²) in [5.41, 5.74) is -0.338. The lowest BCUT2D eigenvalue weighted by molar-refractivity contribution is -0.137. The van der Waals surface area contributed by atoms with E-state index in [0.717, 1.165) is 6.07 Å². The van der Waals surface area contributed by atoms with Gasteiger partial charge >= 0.3 is 6.18 Å². The second-order valence-corrected chi connectivity index (χ2v) is 5.88. The molecule has 2 aromatic heterocycles. The minimum Gasteiger partial charge on any atom is -0.306 e. The summed E-state index contributed by atoms with van der Waals surface area (Å²) in [7, 11) is 0. The minimum atomic E-state index is -4.48. The van der Waals surface area contributed by atoms with Gasteiger partial charge in [-0.25, -0.2) is 4.98 Å². The number of nitrogens with one attached hydrogen (secondary N) is 1. The Balaban J connectivity index is 1.98. The zero-order valence-electron chi connectivity index (χ0n) is 13.8. The number of rotatable bonds is 0. The van der Waals surface area contributed by atoms with Crippen LogP contribution in [0.3, 0.4) is 0 Å². The number of halogens is 3. The summed E-state index contributed by atoms with van der Waals surface area (Å²) in [6.07, 6.45) is -3.02. The third kappa shape index (κ3) is 3.04. The lowest BCUT2D eigenvalue weighted by Crippen LogP contribution is -2.08. The highest BCUT2D eigenvalue weighted by Crippen LogP contribution is 2.31. The molecule has 0 bridgehead atoms. The van der Waals surface area contributed by atoms with E-state index in [-0.39, 0.29) is 11.1 Å². The highest BCUT2D eigenvalue weighted by molar-refractivity contribution is 6.06. The number of benzene rings is 2. The fourth-order valence-corrected chi connectivity index (χ4v) is 2.98. The third-order valence-electron chi connectivity index (χ3n) is 4.19. The van der Waals surface area contributed by atoms with Crippen LogP contribution in [0.2, 0.25) is 0 Å². The monoisotopic (exact) mass is 364 g/mol. The number of aromatic nitrogens is 2. The summed E-state index contributed by atoms with van der Waals surface area (Å²) in [6.45, 7) is 0. The Morgan fingerprint density at radius 1 is 0.852 bits per heavy atom. The maximum atomic E-state index is 13.2. The molecule has 0 aliphatic heterocycles. The van der Waals surface area contributed by atoms with Crippen molar-refractivity contribution in [2.24, 2.45) is 0 Å². The summed E-state index contributed by atoms with van der Waals surface area (Å²) in [4.78, 5) is 19.0. The van der Waals surface area contributed by atoms with Crippen molar-refractivity contribution < 1.29 is 13.2 Å². The van der Waals surface area contributed by atoms with Gasteiger partial charge < -0.3 is 4.98 Å². The van der Waals surface area contributed by atoms with Crippen LogP contribution in [-0.2, 0) is 6.18 Å². The van der Waals surface area contributed by atoms with E-state index in [1.165, 1.54) is 24.4 Å². The molecule has 0 saturated heterocycles. The average molecular weight is 364 g/mol. The Bertz CT molecular complexity index is 1290. The van der Waals surface area contributed by atoms with Crippen molar-refractivity contribution in [1.29, 1.82) is 0 Å².